The molecule has 18 heavy (non-hydrogen) atoms. The first-order valence-corrected chi connectivity index (χ1v) is 5.63. The summed E-state index contributed by atoms with van der Waals surface area (Å²) in [6.07, 6.45) is 1.40. The quantitative estimate of drug-likeness (QED) is 0.814. The number of carboxylic acids is 1. The average molecular weight is 252 g/mol. The van der Waals surface area contributed by atoms with Gasteiger partial charge in [0.25, 0.3) is 5.91 Å². The van der Waals surface area contributed by atoms with Gasteiger partial charge in [0.1, 0.15) is 5.75 Å². The average Bonchev–Trinajstić information content (AvgIpc) is 2.35. The molecule has 6 heteroatoms. The topological polar surface area (TPSA) is 90.7 Å². The third-order valence-electron chi connectivity index (χ3n) is 2.57. The minimum absolute atomic E-state index is 0.0584. The van der Waals surface area contributed by atoms with Gasteiger partial charge in [-0.05, 0) is 19.1 Å². The summed E-state index contributed by atoms with van der Waals surface area (Å²) in [5.74, 6) is -2.31. The van der Waals surface area contributed by atoms with E-state index in [1.54, 1.807) is 6.92 Å². The summed E-state index contributed by atoms with van der Waals surface area (Å²) in [7, 11) is 0. The maximum Gasteiger partial charge on any atom is 0.308 e. The molecule has 0 aliphatic heterocycles. The van der Waals surface area contributed by atoms with Crippen LogP contribution in [0.3, 0.4) is 0 Å². The Morgan fingerprint density at radius 1 is 1.50 bits per heavy atom. The summed E-state index contributed by atoms with van der Waals surface area (Å²) >= 11 is 0. The first-order chi connectivity index (χ1) is 8.47. The highest BCUT2D eigenvalue weighted by atomic mass is 16.4. The highest BCUT2D eigenvalue weighted by Gasteiger charge is 2.23. The third kappa shape index (κ3) is 3.19. The molecule has 0 saturated carbocycles. The van der Waals surface area contributed by atoms with Crippen molar-refractivity contribution < 1.29 is 19.8 Å². The Hall–Kier alpha value is -2.11. The van der Waals surface area contributed by atoms with Gasteiger partial charge < -0.3 is 15.1 Å². The van der Waals surface area contributed by atoms with Crippen molar-refractivity contribution in [2.24, 2.45) is 5.92 Å². The van der Waals surface area contributed by atoms with Crippen LogP contribution >= 0.6 is 0 Å². The van der Waals surface area contributed by atoms with Crippen molar-refractivity contribution in [2.45, 2.75) is 13.8 Å². The van der Waals surface area contributed by atoms with Crippen LogP contribution in [-0.4, -0.2) is 45.1 Å². The predicted octanol–water partition coefficient (Wildman–Crippen LogP) is 0.970. The van der Waals surface area contributed by atoms with Crippen molar-refractivity contribution >= 4 is 11.9 Å². The standard InChI is InChI=1S/C12H16N2O4/c1-3-14(7-8(2)12(17)18)11(16)10-9(15)5-4-6-13-10/h4-6,8,15H,3,7H2,1-2H3,(H,17,18). The maximum absolute atomic E-state index is 12.1. The van der Waals surface area contributed by atoms with Crippen molar-refractivity contribution in [3.63, 3.8) is 0 Å². The second-order valence-corrected chi connectivity index (χ2v) is 3.95. The first kappa shape index (κ1) is 14.0. The van der Waals surface area contributed by atoms with E-state index in [0.717, 1.165) is 0 Å². The lowest BCUT2D eigenvalue weighted by Crippen LogP contribution is -2.37. The van der Waals surface area contributed by atoms with Gasteiger partial charge in [-0.1, -0.05) is 6.92 Å². The molecule has 6 nitrogen and oxygen atoms in total. The van der Waals surface area contributed by atoms with E-state index in [1.165, 1.54) is 30.2 Å². The fourth-order valence-corrected chi connectivity index (χ4v) is 1.48. The number of aromatic hydroxyl groups is 1. The molecular formula is C12H16N2O4. The fraction of sp³-hybridized carbons (Fsp3) is 0.417. The molecule has 0 aliphatic rings. The largest absolute Gasteiger partial charge is 0.505 e. The van der Waals surface area contributed by atoms with Crippen molar-refractivity contribution in [3.8, 4) is 5.75 Å². The molecule has 0 bridgehead atoms. The second-order valence-electron chi connectivity index (χ2n) is 3.95. The monoisotopic (exact) mass is 252 g/mol. The van der Waals surface area contributed by atoms with E-state index in [-0.39, 0.29) is 18.0 Å². The lowest BCUT2D eigenvalue weighted by atomic mass is 10.1. The number of carboxylic acid groups (broad SMARTS) is 1. The van der Waals surface area contributed by atoms with E-state index in [9.17, 15) is 14.7 Å². The fourth-order valence-electron chi connectivity index (χ4n) is 1.48. The summed E-state index contributed by atoms with van der Waals surface area (Å²) in [6, 6.07) is 2.89. The molecule has 0 aliphatic carbocycles. The molecule has 1 heterocycles. The number of hydrogen-bond donors (Lipinski definition) is 2. The number of rotatable bonds is 5. The zero-order valence-electron chi connectivity index (χ0n) is 10.3. The Balaban J connectivity index is 2.86. The number of amides is 1. The highest BCUT2D eigenvalue weighted by Crippen LogP contribution is 2.15. The van der Waals surface area contributed by atoms with Gasteiger partial charge >= 0.3 is 5.97 Å². The number of aliphatic carboxylic acids is 1. The van der Waals surface area contributed by atoms with Crippen molar-refractivity contribution in [3.05, 3.63) is 24.0 Å². The van der Waals surface area contributed by atoms with E-state index < -0.39 is 17.8 Å². The molecule has 0 aromatic carbocycles. The maximum atomic E-state index is 12.1. The molecule has 1 aromatic rings. The van der Waals surface area contributed by atoms with Gasteiger partial charge in [0.05, 0.1) is 5.92 Å². The lowest BCUT2D eigenvalue weighted by Gasteiger charge is -2.22. The molecule has 1 aromatic heterocycles. The first-order valence-electron chi connectivity index (χ1n) is 5.63. The smallest absolute Gasteiger partial charge is 0.308 e. The Labute approximate surface area is 105 Å². The Morgan fingerprint density at radius 2 is 2.17 bits per heavy atom. The summed E-state index contributed by atoms with van der Waals surface area (Å²) < 4.78 is 0. The lowest BCUT2D eigenvalue weighted by molar-refractivity contribution is -0.141. The molecule has 1 atom stereocenters. The number of pyridine rings is 1. The summed E-state index contributed by atoms with van der Waals surface area (Å²) in [6.45, 7) is 3.70. The van der Waals surface area contributed by atoms with Crippen LogP contribution in [0.15, 0.2) is 18.3 Å². The van der Waals surface area contributed by atoms with Gasteiger partial charge in [0, 0.05) is 19.3 Å². The molecule has 2 N–H and O–H groups in total. The number of carbonyl (C=O) groups is 2. The van der Waals surface area contributed by atoms with Gasteiger partial charge in [-0.15, -0.1) is 0 Å². The predicted molar refractivity (Wildman–Crippen MR) is 64.3 cm³/mol. The molecule has 98 valence electrons. The van der Waals surface area contributed by atoms with E-state index in [1.807, 2.05) is 0 Å². The van der Waals surface area contributed by atoms with Gasteiger partial charge in [-0.2, -0.15) is 0 Å². The summed E-state index contributed by atoms with van der Waals surface area (Å²) in [4.78, 5) is 28.0. The van der Waals surface area contributed by atoms with Crippen molar-refractivity contribution in [2.75, 3.05) is 13.1 Å². The van der Waals surface area contributed by atoms with Gasteiger partial charge in [-0.25, -0.2) is 4.98 Å². The van der Waals surface area contributed by atoms with Crippen LogP contribution in [0.4, 0.5) is 0 Å². The summed E-state index contributed by atoms with van der Waals surface area (Å²) in [5, 5.41) is 18.4. The number of hydrogen-bond acceptors (Lipinski definition) is 4. The van der Waals surface area contributed by atoms with Crippen LogP contribution in [0.2, 0.25) is 0 Å². The molecule has 0 spiro atoms. The zero-order chi connectivity index (χ0) is 13.7. The summed E-state index contributed by atoms with van der Waals surface area (Å²) in [5.41, 5.74) is -0.0584. The van der Waals surface area contributed by atoms with Crippen LogP contribution < -0.4 is 0 Å². The Bertz CT molecular complexity index is 447. The van der Waals surface area contributed by atoms with E-state index in [0.29, 0.717) is 6.54 Å². The number of nitrogens with zero attached hydrogens (tertiary/aromatic N) is 2. The van der Waals surface area contributed by atoms with Crippen LogP contribution in [0.25, 0.3) is 0 Å². The van der Waals surface area contributed by atoms with Crippen LogP contribution in [-0.2, 0) is 4.79 Å². The van der Waals surface area contributed by atoms with Crippen molar-refractivity contribution in [1.82, 2.24) is 9.88 Å². The molecule has 0 fully saturated rings. The van der Waals surface area contributed by atoms with Crippen LogP contribution in [0.1, 0.15) is 24.3 Å². The minimum Gasteiger partial charge on any atom is -0.505 e. The van der Waals surface area contributed by atoms with Crippen LogP contribution in [0, 0.1) is 5.92 Å². The van der Waals surface area contributed by atoms with E-state index in [2.05, 4.69) is 4.98 Å². The highest BCUT2D eigenvalue weighted by molar-refractivity contribution is 5.95. The van der Waals surface area contributed by atoms with Crippen LogP contribution in [0.5, 0.6) is 5.75 Å². The molecular weight excluding hydrogens is 236 g/mol. The van der Waals surface area contributed by atoms with E-state index in [4.69, 9.17) is 5.11 Å². The SMILES string of the molecule is CCN(CC(C)C(=O)O)C(=O)c1ncccc1O. The number of carbonyl (C=O) groups excluding carboxylic acids is 1. The molecule has 1 amide bonds. The number of aromatic nitrogens is 1. The minimum atomic E-state index is -0.966. The molecule has 0 radical (unpaired) electrons. The Morgan fingerprint density at radius 3 is 2.67 bits per heavy atom. The third-order valence-corrected chi connectivity index (χ3v) is 2.57. The Kier molecular flexibility index (Phi) is 4.65. The molecule has 1 rings (SSSR count). The molecule has 1 unspecified atom stereocenters. The van der Waals surface area contributed by atoms with Gasteiger partial charge in [0.15, 0.2) is 5.69 Å². The molecule has 0 saturated heterocycles. The van der Waals surface area contributed by atoms with Gasteiger partial charge in [-0.3, -0.25) is 9.59 Å². The van der Waals surface area contributed by atoms with E-state index >= 15 is 0 Å². The zero-order valence-corrected chi connectivity index (χ0v) is 10.3. The normalized spacial score (nSPS) is 11.9. The van der Waals surface area contributed by atoms with Crippen molar-refractivity contribution in [1.29, 1.82) is 0 Å². The second kappa shape index (κ2) is 6.00. The van der Waals surface area contributed by atoms with Gasteiger partial charge in [0.2, 0.25) is 0 Å².